The lowest BCUT2D eigenvalue weighted by Gasteiger charge is -2.43. The van der Waals surface area contributed by atoms with Gasteiger partial charge in [0.1, 0.15) is 0 Å². The first kappa shape index (κ1) is 17.3. The first-order valence-corrected chi connectivity index (χ1v) is 10.1. The molecule has 0 radical (unpaired) electrons. The largest absolute Gasteiger partial charge is 0.336 e. The minimum absolute atomic E-state index is 0.153. The zero-order valence-corrected chi connectivity index (χ0v) is 15.4. The SMILES string of the molecule is O=C1CCCN1c1ccc(/C=C/C(=O)N2CCCC3CCCCC32)cc1. The molecule has 2 heterocycles. The number of hydrogen-bond donors (Lipinski definition) is 0. The predicted molar refractivity (Wildman–Crippen MR) is 104 cm³/mol. The van der Waals surface area contributed by atoms with E-state index in [-0.39, 0.29) is 11.8 Å². The van der Waals surface area contributed by atoms with Crippen LogP contribution in [0.5, 0.6) is 0 Å². The third-order valence-electron chi connectivity index (χ3n) is 6.22. The summed E-state index contributed by atoms with van der Waals surface area (Å²) in [6.07, 6.45) is 12.7. The van der Waals surface area contributed by atoms with E-state index in [9.17, 15) is 9.59 Å². The number of piperidine rings is 1. The van der Waals surface area contributed by atoms with Crippen LogP contribution in [-0.2, 0) is 9.59 Å². The zero-order valence-electron chi connectivity index (χ0n) is 15.4. The molecule has 4 rings (SSSR count). The van der Waals surface area contributed by atoms with Crippen LogP contribution in [0.25, 0.3) is 6.08 Å². The van der Waals surface area contributed by atoms with E-state index in [0.717, 1.165) is 37.2 Å². The number of fused-ring (bicyclic) bond motifs is 1. The molecule has 2 aliphatic heterocycles. The maximum atomic E-state index is 12.7. The molecule has 0 bridgehead atoms. The van der Waals surface area contributed by atoms with Gasteiger partial charge in [0.15, 0.2) is 0 Å². The molecule has 0 aromatic heterocycles. The summed E-state index contributed by atoms with van der Waals surface area (Å²) in [6, 6.07) is 8.39. The molecule has 4 heteroatoms. The summed E-state index contributed by atoms with van der Waals surface area (Å²) in [7, 11) is 0. The fourth-order valence-corrected chi connectivity index (χ4v) is 4.85. The Morgan fingerprint density at radius 1 is 0.962 bits per heavy atom. The van der Waals surface area contributed by atoms with E-state index < -0.39 is 0 Å². The van der Waals surface area contributed by atoms with Gasteiger partial charge in [-0.15, -0.1) is 0 Å². The van der Waals surface area contributed by atoms with Crippen LogP contribution in [0.15, 0.2) is 30.3 Å². The molecule has 2 atom stereocenters. The number of amides is 2. The normalized spacial score (nSPS) is 26.4. The van der Waals surface area contributed by atoms with Crippen molar-refractivity contribution < 1.29 is 9.59 Å². The van der Waals surface area contributed by atoms with Crippen molar-refractivity contribution in [3.63, 3.8) is 0 Å². The third kappa shape index (κ3) is 3.55. The topological polar surface area (TPSA) is 40.6 Å². The van der Waals surface area contributed by atoms with Gasteiger partial charge in [0.25, 0.3) is 0 Å². The zero-order chi connectivity index (χ0) is 17.9. The summed E-state index contributed by atoms with van der Waals surface area (Å²) in [5, 5.41) is 0. The average Bonchev–Trinajstić information content (AvgIpc) is 3.12. The highest BCUT2D eigenvalue weighted by Gasteiger charge is 2.34. The smallest absolute Gasteiger partial charge is 0.246 e. The fraction of sp³-hybridized carbons (Fsp3) is 0.545. The van der Waals surface area contributed by atoms with Gasteiger partial charge in [-0.3, -0.25) is 9.59 Å². The molecule has 0 N–H and O–H groups in total. The van der Waals surface area contributed by atoms with Crippen LogP contribution in [0, 0.1) is 5.92 Å². The average molecular weight is 352 g/mol. The lowest BCUT2D eigenvalue weighted by molar-refractivity contribution is -0.132. The monoisotopic (exact) mass is 352 g/mol. The number of carbonyl (C=O) groups is 2. The highest BCUT2D eigenvalue weighted by molar-refractivity contribution is 5.95. The van der Waals surface area contributed by atoms with Gasteiger partial charge in [-0.1, -0.05) is 25.0 Å². The van der Waals surface area contributed by atoms with E-state index in [1.54, 1.807) is 6.08 Å². The van der Waals surface area contributed by atoms with E-state index in [2.05, 4.69) is 4.90 Å². The van der Waals surface area contributed by atoms with Crippen LogP contribution in [0.3, 0.4) is 0 Å². The Hall–Kier alpha value is -2.10. The Morgan fingerprint density at radius 3 is 2.50 bits per heavy atom. The predicted octanol–water partition coefficient (Wildman–Crippen LogP) is 4.01. The van der Waals surface area contributed by atoms with Crippen molar-refractivity contribution in [1.82, 2.24) is 4.90 Å². The molecule has 4 nitrogen and oxygen atoms in total. The Bertz CT molecular complexity index is 693. The van der Waals surface area contributed by atoms with E-state index in [0.29, 0.717) is 18.4 Å². The molecule has 2 amide bonds. The molecule has 0 spiro atoms. The van der Waals surface area contributed by atoms with Crippen molar-refractivity contribution in [3.05, 3.63) is 35.9 Å². The Balaban J connectivity index is 1.40. The maximum Gasteiger partial charge on any atom is 0.246 e. The Labute approximate surface area is 155 Å². The van der Waals surface area contributed by atoms with Crippen molar-refractivity contribution in [1.29, 1.82) is 0 Å². The highest BCUT2D eigenvalue weighted by atomic mass is 16.2. The van der Waals surface area contributed by atoms with Crippen molar-refractivity contribution in [2.45, 2.75) is 57.4 Å². The second kappa shape index (κ2) is 7.65. The van der Waals surface area contributed by atoms with Crippen LogP contribution in [0.2, 0.25) is 0 Å². The minimum Gasteiger partial charge on any atom is -0.336 e. The molecule has 2 unspecified atom stereocenters. The van der Waals surface area contributed by atoms with Gasteiger partial charge < -0.3 is 9.80 Å². The lowest BCUT2D eigenvalue weighted by atomic mass is 9.78. The second-order valence-electron chi connectivity index (χ2n) is 7.86. The van der Waals surface area contributed by atoms with Crippen LogP contribution in [0.1, 0.15) is 56.9 Å². The Morgan fingerprint density at radius 2 is 1.73 bits per heavy atom. The van der Waals surface area contributed by atoms with Gasteiger partial charge in [-0.25, -0.2) is 0 Å². The van der Waals surface area contributed by atoms with Crippen molar-refractivity contribution in [2.24, 2.45) is 5.92 Å². The van der Waals surface area contributed by atoms with E-state index in [1.165, 1.54) is 32.1 Å². The molecule has 26 heavy (non-hydrogen) atoms. The molecule has 2 saturated heterocycles. The quantitative estimate of drug-likeness (QED) is 0.771. The molecular weight excluding hydrogens is 324 g/mol. The number of carbonyl (C=O) groups excluding carboxylic acids is 2. The molecule has 3 aliphatic rings. The summed E-state index contributed by atoms with van der Waals surface area (Å²) in [5.74, 6) is 1.07. The van der Waals surface area contributed by atoms with Crippen LogP contribution < -0.4 is 4.90 Å². The third-order valence-corrected chi connectivity index (χ3v) is 6.22. The van der Waals surface area contributed by atoms with E-state index >= 15 is 0 Å². The standard InChI is InChI=1S/C22H28N2O2/c25-21-8-4-15-23(21)19-12-9-17(10-13-19)11-14-22(26)24-16-3-6-18-5-1-2-7-20(18)24/h9-14,18,20H,1-8,15-16H2/b14-11+. The number of likely N-dealkylation sites (tertiary alicyclic amines) is 1. The minimum atomic E-state index is 0.153. The van der Waals surface area contributed by atoms with E-state index in [4.69, 9.17) is 0 Å². The van der Waals surface area contributed by atoms with Crippen molar-refractivity contribution in [2.75, 3.05) is 18.0 Å². The molecular formula is C22H28N2O2. The fourth-order valence-electron chi connectivity index (χ4n) is 4.85. The summed E-state index contributed by atoms with van der Waals surface area (Å²) in [5.41, 5.74) is 1.96. The summed E-state index contributed by atoms with van der Waals surface area (Å²) < 4.78 is 0. The molecule has 1 aromatic carbocycles. The van der Waals surface area contributed by atoms with Crippen LogP contribution in [-0.4, -0.2) is 35.8 Å². The summed E-state index contributed by atoms with van der Waals surface area (Å²) >= 11 is 0. The first-order chi connectivity index (χ1) is 12.7. The van der Waals surface area contributed by atoms with Crippen molar-refractivity contribution >= 4 is 23.6 Å². The molecule has 3 fully saturated rings. The maximum absolute atomic E-state index is 12.7. The van der Waals surface area contributed by atoms with Crippen LogP contribution >= 0.6 is 0 Å². The van der Waals surface area contributed by atoms with Gasteiger partial charge in [-0.2, -0.15) is 0 Å². The van der Waals surface area contributed by atoms with Gasteiger partial charge >= 0.3 is 0 Å². The van der Waals surface area contributed by atoms with Gasteiger partial charge in [0.05, 0.1) is 0 Å². The van der Waals surface area contributed by atoms with E-state index in [1.807, 2.05) is 35.2 Å². The molecule has 138 valence electrons. The number of rotatable bonds is 3. The molecule has 1 aliphatic carbocycles. The summed E-state index contributed by atoms with van der Waals surface area (Å²) in [6.45, 7) is 1.71. The second-order valence-corrected chi connectivity index (χ2v) is 7.86. The van der Waals surface area contributed by atoms with Gasteiger partial charge in [-0.05, 0) is 61.8 Å². The Kier molecular flexibility index (Phi) is 5.09. The van der Waals surface area contributed by atoms with Crippen LogP contribution in [0.4, 0.5) is 5.69 Å². The first-order valence-electron chi connectivity index (χ1n) is 10.1. The lowest BCUT2D eigenvalue weighted by Crippen LogP contribution is -2.49. The number of anilines is 1. The molecule has 1 aromatic rings. The highest BCUT2D eigenvalue weighted by Crippen LogP contribution is 2.35. The van der Waals surface area contributed by atoms with Crippen molar-refractivity contribution in [3.8, 4) is 0 Å². The number of hydrogen-bond acceptors (Lipinski definition) is 2. The number of nitrogens with zero attached hydrogens (tertiary/aromatic N) is 2. The molecule has 1 saturated carbocycles. The van der Waals surface area contributed by atoms with Gasteiger partial charge in [0.2, 0.25) is 11.8 Å². The number of benzene rings is 1. The summed E-state index contributed by atoms with van der Waals surface area (Å²) in [4.78, 5) is 28.5. The van der Waals surface area contributed by atoms with Gasteiger partial charge in [0, 0.05) is 37.3 Å².